The minimum absolute atomic E-state index is 0.0443. The molecule has 1 amide bonds. The van der Waals surface area contributed by atoms with Crippen LogP contribution in [0, 0.1) is 6.92 Å². The van der Waals surface area contributed by atoms with Crippen LogP contribution in [0.3, 0.4) is 0 Å². The predicted octanol–water partition coefficient (Wildman–Crippen LogP) is 4.00. The molecule has 7 heteroatoms. The van der Waals surface area contributed by atoms with E-state index in [4.69, 9.17) is 11.6 Å². The molecule has 0 aliphatic carbocycles. The van der Waals surface area contributed by atoms with E-state index in [0.29, 0.717) is 10.5 Å². The Kier molecular flexibility index (Phi) is 5.67. The lowest BCUT2D eigenvalue weighted by Crippen LogP contribution is -2.40. The number of aryl methyl sites for hydroxylation is 1. The number of hydrogen-bond donors (Lipinski definition) is 0. The van der Waals surface area contributed by atoms with Gasteiger partial charge in [-0.05, 0) is 30.7 Å². The number of amides is 1. The fourth-order valence-corrected chi connectivity index (χ4v) is 2.29. The van der Waals surface area contributed by atoms with E-state index < -0.39 is 18.6 Å². The van der Waals surface area contributed by atoms with Crippen molar-refractivity contribution >= 4 is 33.4 Å². The summed E-state index contributed by atoms with van der Waals surface area (Å²) >= 11 is 8.69. The molecule has 0 N–H and O–H groups in total. The molecule has 0 saturated heterocycles. The fraction of sp³-hybridized carbons (Fsp3) is 0.417. The Morgan fingerprint density at radius 2 is 2.05 bits per heavy atom. The number of carbonyl (C=O) groups excluding carboxylic acids is 1. The van der Waals surface area contributed by atoms with Crippen molar-refractivity contribution in [2.45, 2.75) is 13.1 Å². The minimum Gasteiger partial charge on any atom is -0.328 e. The summed E-state index contributed by atoms with van der Waals surface area (Å²) in [6, 6.07) is 4.80. The lowest BCUT2D eigenvalue weighted by atomic mass is 10.1. The molecule has 0 aliphatic heterocycles. The Balaban J connectivity index is 2.99. The maximum Gasteiger partial charge on any atom is 0.406 e. The first kappa shape index (κ1) is 16.3. The SMILES string of the molecule is Cc1cc(Br)ccc1C(=O)N(CCCl)CC(F)(F)F. The number of carbonyl (C=O) groups is 1. The van der Waals surface area contributed by atoms with Crippen molar-refractivity contribution in [3.05, 3.63) is 33.8 Å². The van der Waals surface area contributed by atoms with Gasteiger partial charge in [-0.2, -0.15) is 13.2 Å². The zero-order valence-electron chi connectivity index (χ0n) is 10.1. The van der Waals surface area contributed by atoms with Crippen molar-refractivity contribution in [3.8, 4) is 0 Å². The van der Waals surface area contributed by atoms with Crippen molar-refractivity contribution in [1.82, 2.24) is 4.90 Å². The van der Waals surface area contributed by atoms with E-state index in [0.717, 1.165) is 4.47 Å². The van der Waals surface area contributed by atoms with E-state index in [1.807, 2.05) is 0 Å². The second-order valence-corrected chi connectivity index (χ2v) is 5.28. The molecule has 0 saturated carbocycles. The summed E-state index contributed by atoms with van der Waals surface area (Å²) in [6.45, 7) is 0.230. The first-order valence-electron chi connectivity index (χ1n) is 5.42. The van der Waals surface area contributed by atoms with Gasteiger partial charge in [0.1, 0.15) is 6.54 Å². The fourth-order valence-electron chi connectivity index (χ4n) is 1.61. The van der Waals surface area contributed by atoms with Gasteiger partial charge in [-0.25, -0.2) is 0 Å². The Morgan fingerprint density at radius 3 is 2.53 bits per heavy atom. The van der Waals surface area contributed by atoms with Gasteiger partial charge in [-0.1, -0.05) is 15.9 Å². The maximum atomic E-state index is 12.4. The topological polar surface area (TPSA) is 20.3 Å². The molecular formula is C12H12BrClF3NO. The lowest BCUT2D eigenvalue weighted by molar-refractivity contribution is -0.140. The van der Waals surface area contributed by atoms with Gasteiger partial charge in [0, 0.05) is 22.5 Å². The third kappa shape index (κ3) is 5.03. The summed E-state index contributed by atoms with van der Waals surface area (Å²) in [7, 11) is 0. The van der Waals surface area contributed by atoms with E-state index in [1.54, 1.807) is 19.1 Å². The summed E-state index contributed by atoms with van der Waals surface area (Å²) in [4.78, 5) is 12.8. The van der Waals surface area contributed by atoms with Gasteiger partial charge < -0.3 is 4.90 Å². The molecule has 0 atom stereocenters. The number of benzene rings is 1. The van der Waals surface area contributed by atoms with Gasteiger partial charge >= 0.3 is 6.18 Å². The van der Waals surface area contributed by atoms with E-state index in [-0.39, 0.29) is 18.0 Å². The molecule has 1 rings (SSSR count). The van der Waals surface area contributed by atoms with Crippen LogP contribution in [-0.2, 0) is 0 Å². The molecule has 0 aromatic heterocycles. The van der Waals surface area contributed by atoms with Crippen molar-refractivity contribution in [2.24, 2.45) is 0 Å². The third-order valence-corrected chi connectivity index (χ3v) is 3.09. The maximum absolute atomic E-state index is 12.4. The number of nitrogens with zero attached hydrogens (tertiary/aromatic N) is 1. The van der Waals surface area contributed by atoms with Gasteiger partial charge in [-0.15, -0.1) is 11.6 Å². The molecule has 106 valence electrons. The molecule has 0 heterocycles. The standard InChI is InChI=1S/C12H12BrClF3NO/c1-8-6-9(13)2-3-10(8)11(19)18(5-4-14)7-12(15,16)17/h2-3,6H,4-5,7H2,1H3. The summed E-state index contributed by atoms with van der Waals surface area (Å²) < 4.78 is 38.0. The van der Waals surface area contributed by atoms with Crippen molar-refractivity contribution < 1.29 is 18.0 Å². The molecular weight excluding hydrogens is 346 g/mol. The summed E-state index contributed by atoms with van der Waals surface area (Å²) in [5.74, 6) is -0.708. The lowest BCUT2D eigenvalue weighted by Gasteiger charge is -2.23. The molecule has 2 nitrogen and oxygen atoms in total. The minimum atomic E-state index is -4.44. The van der Waals surface area contributed by atoms with Crippen LogP contribution in [0.15, 0.2) is 22.7 Å². The van der Waals surface area contributed by atoms with Gasteiger partial charge in [0.2, 0.25) is 0 Å². The normalized spacial score (nSPS) is 11.5. The largest absolute Gasteiger partial charge is 0.406 e. The van der Waals surface area contributed by atoms with E-state index in [9.17, 15) is 18.0 Å². The Hall–Kier alpha value is -0.750. The Morgan fingerprint density at radius 1 is 1.42 bits per heavy atom. The number of rotatable bonds is 4. The van der Waals surface area contributed by atoms with Crippen LogP contribution in [0.5, 0.6) is 0 Å². The highest BCUT2D eigenvalue weighted by Gasteiger charge is 2.33. The molecule has 0 bridgehead atoms. The van der Waals surface area contributed by atoms with E-state index in [1.165, 1.54) is 6.07 Å². The first-order chi connectivity index (χ1) is 8.74. The second-order valence-electron chi connectivity index (χ2n) is 3.99. The number of hydrogen-bond acceptors (Lipinski definition) is 1. The number of halogens is 5. The molecule has 0 unspecified atom stereocenters. The molecule has 0 aliphatic rings. The van der Waals surface area contributed by atoms with Crippen LogP contribution >= 0.6 is 27.5 Å². The summed E-state index contributed by atoms with van der Waals surface area (Å²) in [5.41, 5.74) is 0.860. The highest BCUT2D eigenvalue weighted by Crippen LogP contribution is 2.21. The van der Waals surface area contributed by atoms with Crippen molar-refractivity contribution in [1.29, 1.82) is 0 Å². The van der Waals surface area contributed by atoms with Gasteiger partial charge in [-0.3, -0.25) is 4.79 Å². The molecule has 1 aromatic rings. The molecule has 0 spiro atoms. The Labute approximate surface area is 122 Å². The van der Waals surface area contributed by atoms with Crippen LogP contribution in [0.1, 0.15) is 15.9 Å². The smallest absolute Gasteiger partial charge is 0.328 e. The van der Waals surface area contributed by atoms with Crippen LogP contribution in [0.4, 0.5) is 13.2 Å². The molecule has 0 fully saturated rings. The van der Waals surface area contributed by atoms with Gasteiger partial charge in [0.15, 0.2) is 0 Å². The zero-order valence-corrected chi connectivity index (χ0v) is 12.4. The Bertz CT molecular complexity index is 465. The van der Waals surface area contributed by atoms with E-state index >= 15 is 0 Å². The highest BCUT2D eigenvalue weighted by molar-refractivity contribution is 9.10. The highest BCUT2D eigenvalue weighted by atomic mass is 79.9. The van der Waals surface area contributed by atoms with Crippen LogP contribution in [0.2, 0.25) is 0 Å². The zero-order chi connectivity index (χ0) is 14.6. The monoisotopic (exact) mass is 357 g/mol. The predicted molar refractivity (Wildman–Crippen MR) is 71.6 cm³/mol. The number of alkyl halides is 4. The van der Waals surface area contributed by atoms with Crippen molar-refractivity contribution in [2.75, 3.05) is 19.0 Å². The van der Waals surface area contributed by atoms with Gasteiger partial charge in [0.25, 0.3) is 5.91 Å². The van der Waals surface area contributed by atoms with Crippen LogP contribution < -0.4 is 0 Å². The molecule has 19 heavy (non-hydrogen) atoms. The quantitative estimate of drug-likeness (QED) is 0.745. The second kappa shape index (κ2) is 6.61. The third-order valence-electron chi connectivity index (χ3n) is 2.43. The van der Waals surface area contributed by atoms with Gasteiger partial charge in [0.05, 0.1) is 0 Å². The van der Waals surface area contributed by atoms with Crippen LogP contribution in [-0.4, -0.2) is 36.0 Å². The first-order valence-corrected chi connectivity index (χ1v) is 6.75. The molecule has 1 aromatic carbocycles. The summed E-state index contributed by atoms with van der Waals surface area (Å²) in [5, 5.41) is 0. The van der Waals surface area contributed by atoms with Crippen molar-refractivity contribution in [3.63, 3.8) is 0 Å². The van der Waals surface area contributed by atoms with Crippen LogP contribution in [0.25, 0.3) is 0 Å². The molecule has 0 radical (unpaired) electrons. The average molecular weight is 359 g/mol. The van der Waals surface area contributed by atoms with E-state index in [2.05, 4.69) is 15.9 Å². The summed E-state index contributed by atoms with van der Waals surface area (Å²) in [6.07, 6.45) is -4.44. The average Bonchev–Trinajstić information content (AvgIpc) is 2.26.